The van der Waals surface area contributed by atoms with E-state index in [9.17, 15) is 18.8 Å². The van der Waals surface area contributed by atoms with Crippen LogP contribution in [0.3, 0.4) is 0 Å². The SMILES string of the molecule is O=C(Nc1cccc(C(=O)Nc2cccc(F)c2)c1)NC1CCC(C(=O)O)CC1. The molecule has 2 aromatic rings. The summed E-state index contributed by atoms with van der Waals surface area (Å²) in [5.41, 5.74) is 1.09. The van der Waals surface area contributed by atoms with Gasteiger partial charge < -0.3 is 21.1 Å². The summed E-state index contributed by atoms with van der Waals surface area (Å²) in [6.45, 7) is 0. The fraction of sp³-hybridized carbons (Fsp3) is 0.286. The van der Waals surface area contributed by atoms with Crippen LogP contribution < -0.4 is 16.0 Å². The summed E-state index contributed by atoms with van der Waals surface area (Å²) in [7, 11) is 0. The van der Waals surface area contributed by atoms with Crippen molar-refractivity contribution in [3.63, 3.8) is 0 Å². The lowest BCUT2D eigenvalue weighted by Crippen LogP contribution is -2.41. The van der Waals surface area contributed by atoms with Crippen LogP contribution in [0.25, 0.3) is 0 Å². The molecule has 7 nitrogen and oxygen atoms in total. The van der Waals surface area contributed by atoms with Crippen LogP contribution in [0.2, 0.25) is 0 Å². The molecule has 0 bridgehead atoms. The minimum atomic E-state index is -0.791. The van der Waals surface area contributed by atoms with Crippen LogP contribution in [-0.2, 0) is 4.79 Å². The van der Waals surface area contributed by atoms with Crippen LogP contribution in [0, 0.1) is 11.7 Å². The summed E-state index contributed by atoms with van der Waals surface area (Å²) < 4.78 is 13.2. The lowest BCUT2D eigenvalue weighted by atomic mass is 9.86. The topological polar surface area (TPSA) is 108 Å². The van der Waals surface area contributed by atoms with E-state index in [0.717, 1.165) is 0 Å². The Labute approximate surface area is 167 Å². The van der Waals surface area contributed by atoms with Gasteiger partial charge in [0.05, 0.1) is 5.92 Å². The number of carboxylic acids is 1. The van der Waals surface area contributed by atoms with Gasteiger partial charge in [0, 0.05) is 23.0 Å². The summed E-state index contributed by atoms with van der Waals surface area (Å²) >= 11 is 0. The fourth-order valence-corrected chi connectivity index (χ4v) is 3.34. The van der Waals surface area contributed by atoms with Crippen LogP contribution in [0.4, 0.5) is 20.6 Å². The van der Waals surface area contributed by atoms with Crippen molar-refractivity contribution in [2.24, 2.45) is 5.92 Å². The Bertz CT molecular complexity index is 910. The molecule has 0 radical (unpaired) electrons. The molecule has 0 aliphatic heterocycles. The molecule has 0 unspecified atom stereocenters. The number of carboxylic acid groups (broad SMARTS) is 1. The lowest BCUT2D eigenvalue weighted by molar-refractivity contribution is -0.142. The second-order valence-corrected chi connectivity index (χ2v) is 7.03. The van der Waals surface area contributed by atoms with E-state index in [1.807, 2.05) is 0 Å². The average molecular weight is 399 g/mol. The Morgan fingerprint density at radius 2 is 1.55 bits per heavy atom. The normalized spacial score (nSPS) is 18.5. The average Bonchev–Trinajstić information content (AvgIpc) is 2.68. The molecule has 152 valence electrons. The highest BCUT2D eigenvalue weighted by Gasteiger charge is 2.26. The number of amides is 3. The molecular weight excluding hydrogens is 377 g/mol. The molecule has 2 aromatic carbocycles. The minimum Gasteiger partial charge on any atom is -0.481 e. The van der Waals surface area contributed by atoms with E-state index in [4.69, 9.17) is 5.11 Å². The van der Waals surface area contributed by atoms with Crippen LogP contribution >= 0.6 is 0 Å². The monoisotopic (exact) mass is 399 g/mol. The molecule has 1 saturated carbocycles. The van der Waals surface area contributed by atoms with E-state index in [2.05, 4.69) is 16.0 Å². The zero-order valence-electron chi connectivity index (χ0n) is 15.7. The van der Waals surface area contributed by atoms with E-state index in [1.165, 1.54) is 24.3 Å². The third-order valence-corrected chi connectivity index (χ3v) is 4.88. The number of rotatable bonds is 5. The molecule has 1 fully saturated rings. The van der Waals surface area contributed by atoms with Crippen molar-refractivity contribution in [1.29, 1.82) is 0 Å². The first-order chi connectivity index (χ1) is 13.9. The lowest BCUT2D eigenvalue weighted by Gasteiger charge is -2.26. The molecule has 3 amide bonds. The van der Waals surface area contributed by atoms with Crippen molar-refractivity contribution < 1.29 is 23.9 Å². The molecule has 3 rings (SSSR count). The van der Waals surface area contributed by atoms with E-state index < -0.39 is 23.7 Å². The van der Waals surface area contributed by atoms with Crippen LogP contribution in [0.15, 0.2) is 48.5 Å². The largest absolute Gasteiger partial charge is 0.481 e. The molecule has 1 aliphatic carbocycles. The zero-order valence-corrected chi connectivity index (χ0v) is 15.7. The smallest absolute Gasteiger partial charge is 0.319 e. The fourth-order valence-electron chi connectivity index (χ4n) is 3.34. The summed E-state index contributed by atoms with van der Waals surface area (Å²) in [5.74, 6) is -2.01. The third-order valence-electron chi connectivity index (χ3n) is 4.88. The molecule has 4 N–H and O–H groups in total. The summed E-state index contributed by atoms with van der Waals surface area (Å²) in [4.78, 5) is 35.6. The number of carbonyl (C=O) groups is 3. The van der Waals surface area contributed by atoms with Gasteiger partial charge in [0.2, 0.25) is 0 Å². The van der Waals surface area contributed by atoms with Crippen molar-refractivity contribution in [1.82, 2.24) is 5.32 Å². The highest BCUT2D eigenvalue weighted by molar-refractivity contribution is 6.05. The predicted octanol–water partition coefficient (Wildman–Crippen LogP) is 3.84. The van der Waals surface area contributed by atoms with Gasteiger partial charge in [0.1, 0.15) is 5.82 Å². The van der Waals surface area contributed by atoms with Gasteiger partial charge in [-0.3, -0.25) is 9.59 Å². The van der Waals surface area contributed by atoms with E-state index >= 15 is 0 Å². The van der Waals surface area contributed by atoms with Gasteiger partial charge in [0.25, 0.3) is 5.91 Å². The molecule has 0 spiro atoms. The second kappa shape index (κ2) is 9.18. The van der Waals surface area contributed by atoms with Crippen molar-refractivity contribution >= 4 is 29.3 Å². The molecule has 0 heterocycles. The van der Waals surface area contributed by atoms with Gasteiger partial charge in [-0.25, -0.2) is 9.18 Å². The Morgan fingerprint density at radius 1 is 0.897 bits per heavy atom. The minimum absolute atomic E-state index is 0.0786. The summed E-state index contributed by atoms with van der Waals surface area (Å²) in [5, 5.41) is 17.2. The number of halogens is 1. The number of hydrogen-bond donors (Lipinski definition) is 4. The first-order valence-corrected chi connectivity index (χ1v) is 9.38. The Balaban J connectivity index is 1.54. The van der Waals surface area contributed by atoms with Crippen molar-refractivity contribution in [3.8, 4) is 0 Å². The summed E-state index contributed by atoms with van der Waals surface area (Å²) in [6.07, 6.45) is 2.30. The highest BCUT2D eigenvalue weighted by atomic mass is 19.1. The van der Waals surface area contributed by atoms with Crippen LogP contribution in [0.1, 0.15) is 36.0 Å². The van der Waals surface area contributed by atoms with Crippen molar-refractivity contribution in [2.45, 2.75) is 31.7 Å². The van der Waals surface area contributed by atoms with Gasteiger partial charge in [0.15, 0.2) is 0 Å². The number of anilines is 2. The maximum Gasteiger partial charge on any atom is 0.319 e. The summed E-state index contributed by atoms with van der Waals surface area (Å²) in [6, 6.07) is 11.5. The van der Waals surface area contributed by atoms with E-state index in [1.54, 1.807) is 24.3 Å². The Morgan fingerprint density at radius 3 is 2.21 bits per heavy atom. The number of aliphatic carboxylic acids is 1. The van der Waals surface area contributed by atoms with Gasteiger partial charge in [-0.15, -0.1) is 0 Å². The van der Waals surface area contributed by atoms with Gasteiger partial charge in [-0.1, -0.05) is 12.1 Å². The van der Waals surface area contributed by atoms with Crippen molar-refractivity contribution in [2.75, 3.05) is 10.6 Å². The molecule has 8 heteroatoms. The van der Waals surface area contributed by atoms with Gasteiger partial charge >= 0.3 is 12.0 Å². The van der Waals surface area contributed by atoms with E-state index in [0.29, 0.717) is 42.6 Å². The van der Waals surface area contributed by atoms with Crippen LogP contribution in [-0.4, -0.2) is 29.1 Å². The van der Waals surface area contributed by atoms with Crippen LogP contribution in [0.5, 0.6) is 0 Å². The predicted molar refractivity (Wildman–Crippen MR) is 106 cm³/mol. The molecule has 29 heavy (non-hydrogen) atoms. The molecule has 0 atom stereocenters. The Kier molecular flexibility index (Phi) is 6.43. The molecule has 0 saturated heterocycles. The number of nitrogens with one attached hydrogen (secondary N) is 3. The number of carbonyl (C=O) groups excluding carboxylic acids is 2. The highest BCUT2D eigenvalue weighted by Crippen LogP contribution is 2.24. The van der Waals surface area contributed by atoms with Gasteiger partial charge in [-0.05, 0) is 62.1 Å². The number of hydrogen-bond acceptors (Lipinski definition) is 3. The first kappa shape index (κ1) is 20.3. The van der Waals surface area contributed by atoms with Crippen molar-refractivity contribution in [3.05, 3.63) is 59.9 Å². The third kappa shape index (κ3) is 5.78. The van der Waals surface area contributed by atoms with Gasteiger partial charge in [-0.2, -0.15) is 0 Å². The maximum absolute atomic E-state index is 13.2. The number of urea groups is 1. The molecule has 0 aromatic heterocycles. The second-order valence-electron chi connectivity index (χ2n) is 7.03. The van der Waals surface area contributed by atoms with E-state index in [-0.39, 0.29) is 12.0 Å². The Hall–Kier alpha value is -3.42. The molecule has 1 aliphatic rings. The molecular formula is C21H22FN3O4. The quantitative estimate of drug-likeness (QED) is 0.613. The zero-order chi connectivity index (χ0) is 20.8. The first-order valence-electron chi connectivity index (χ1n) is 9.38. The maximum atomic E-state index is 13.2. The standard InChI is InChI=1S/C21H22FN3O4/c22-15-4-2-6-18(12-15)23-19(26)14-3-1-5-17(11-14)25-21(29)24-16-9-7-13(8-10-16)20(27)28/h1-6,11-13,16H,7-10H2,(H,23,26)(H,27,28)(H2,24,25,29). The number of benzene rings is 2.